The van der Waals surface area contributed by atoms with Crippen LogP contribution in [0.3, 0.4) is 0 Å². The molecule has 0 atom stereocenters. The van der Waals surface area contributed by atoms with Crippen molar-refractivity contribution in [1.82, 2.24) is 0 Å². The molecule has 0 aromatic carbocycles. The minimum Gasteiger partial charge on any atom is -0.417 e. The molecule has 0 fully saturated rings. The maximum Gasteiger partial charge on any atom is 0.186 e. The maximum atomic E-state index is 6.12. The standard InChI is InChI=1S/C13H30O2Si/c1-7-9-14-11-13(3,4)12-15-16(5,6)10-8-2/h7-12H2,1-6H3. The van der Waals surface area contributed by atoms with E-state index in [4.69, 9.17) is 9.16 Å². The largest absolute Gasteiger partial charge is 0.417 e. The van der Waals surface area contributed by atoms with Crippen LogP contribution in [0.2, 0.25) is 19.1 Å². The molecule has 16 heavy (non-hydrogen) atoms. The summed E-state index contributed by atoms with van der Waals surface area (Å²) < 4.78 is 11.7. The molecule has 0 N–H and O–H groups in total. The molecule has 0 saturated heterocycles. The maximum absolute atomic E-state index is 6.12. The summed E-state index contributed by atoms with van der Waals surface area (Å²) in [5.41, 5.74) is 0.146. The second kappa shape index (κ2) is 7.46. The number of hydrogen-bond donors (Lipinski definition) is 0. The predicted octanol–water partition coefficient (Wildman–Crippen LogP) is 4.07. The summed E-state index contributed by atoms with van der Waals surface area (Å²) >= 11 is 0. The molecule has 0 aromatic rings. The van der Waals surface area contributed by atoms with E-state index >= 15 is 0 Å². The van der Waals surface area contributed by atoms with Gasteiger partial charge in [-0.15, -0.1) is 0 Å². The summed E-state index contributed by atoms with van der Waals surface area (Å²) in [4.78, 5) is 0. The topological polar surface area (TPSA) is 18.5 Å². The number of rotatable bonds is 9. The van der Waals surface area contributed by atoms with Crippen LogP contribution in [0, 0.1) is 5.41 Å². The third-order valence-electron chi connectivity index (χ3n) is 2.55. The van der Waals surface area contributed by atoms with E-state index < -0.39 is 8.32 Å². The van der Waals surface area contributed by atoms with Gasteiger partial charge in [-0.05, 0) is 25.6 Å². The van der Waals surface area contributed by atoms with Crippen LogP contribution in [0.1, 0.15) is 40.5 Å². The van der Waals surface area contributed by atoms with Gasteiger partial charge >= 0.3 is 0 Å². The van der Waals surface area contributed by atoms with E-state index in [0.29, 0.717) is 0 Å². The highest BCUT2D eigenvalue weighted by Crippen LogP contribution is 2.21. The SMILES string of the molecule is CCCOCC(C)(C)CO[Si](C)(C)CCC. The van der Waals surface area contributed by atoms with Gasteiger partial charge in [0.15, 0.2) is 8.32 Å². The summed E-state index contributed by atoms with van der Waals surface area (Å²) in [5, 5.41) is 0. The third kappa shape index (κ3) is 8.31. The molecule has 0 rings (SSSR count). The molecule has 0 radical (unpaired) electrons. The predicted molar refractivity (Wildman–Crippen MR) is 73.4 cm³/mol. The first-order valence-corrected chi connectivity index (χ1v) is 9.66. The normalized spacial score (nSPS) is 13.1. The van der Waals surface area contributed by atoms with Gasteiger partial charge in [0.1, 0.15) is 0 Å². The molecule has 0 aliphatic rings. The molecule has 0 saturated carbocycles. The van der Waals surface area contributed by atoms with E-state index in [2.05, 4.69) is 40.8 Å². The van der Waals surface area contributed by atoms with Crippen LogP contribution >= 0.6 is 0 Å². The molecule has 0 aliphatic carbocycles. The fraction of sp³-hybridized carbons (Fsp3) is 1.00. The van der Waals surface area contributed by atoms with Gasteiger partial charge in [-0.25, -0.2) is 0 Å². The van der Waals surface area contributed by atoms with E-state index in [-0.39, 0.29) is 5.41 Å². The van der Waals surface area contributed by atoms with Gasteiger partial charge in [-0.3, -0.25) is 0 Å². The molecule has 2 nitrogen and oxygen atoms in total. The van der Waals surface area contributed by atoms with E-state index in [0.717, 1.165) is 26.2 Å². The molecule has 0 unspecified atom stereocenters. The molecular formula is C13H30O2Si. The van der Waals surface area contributed by atoms with Crippen molar-refractivity contribution >= 4 is 8.32 Å². The lowest BCUT2D eigenvalue weighted by molar-refractivity contribution is 0.0327. The Balaban J connectivity index is 3.87. The summed E-state index contributed by atoms with van der Waals surface area (Å²) in [6.45, 7) is 15.9. The fourth-order valence-electron chi connectivity index (χ4n) is 1.60. The Kier molecular flexibility index (Phi) is 7.52. The Morgan fingerprint density at radius 2 is 1.62 bits per heavy atom. The van der Waals surface area contributed by atoms with E-state index in [1.54, 1.807) is 0 Å². The molecule has 0 bridgehead atoms. The van der Waals surface area contributed by atoms with E-state index in [9.17, 15) is 0 Å². The summed E-state index contributed by atoms with van der Waals surface area (Å²) in [7, 11) is -1.42. The molecule has 0 amide bonds. The first-order valence-electron chi connectivity index (χ1n) is 6.55. The lowest BCUT2D eigenvalue weighted by Crippen LogP contribution is -2.36. The molecule has 3 heteroatoms. The van der Waals surface area contributed by atoms with E-state index in [1.807, 2.05) is 0 Å². The van der Waals surface area contributed by atoms with Gasteiger partial charge in [0.2, 0.25) is 0 Å². The van der Waals surface area contributed by atoms with Crippen LogP contribution in [-0.2, 0) is 9.16 Å². The first kappa shape index (κ1) is 16.1. The van der Waals surface area contributed by atoms with Gasteiger partial charge in [-0.2, -0.15) is 0 Å². The number of hydrogen-bond acceptors (Lipinski definition) is 2. The van der Waals surface area contributed by atoms with Crippen molar-refractivity contribution in [1.29, 1.82) is 0 Å². The van der Waals surface area contributed by atoms with Crippen molar-refractivity contribution < 1.29 is 9.16 Å². The van der Waals surface area contributed by atoms with Crippen molar-refractivity contribution in [3.8, 4) is 0 Å². The van der Waals surface area contributed by atoms with Crippen molar-refractivity contribution in [3.05, 3.63) is 0 Å². The monoisotopic (exact) mass is 246 g/mol. The van der Waals surface area contributed by atoms with Crippen LogP contribution in [0.4, 0.5) is 0 Å². The minimum absolute atomic E-state index is 0.146. The smallest absolute Gasteiger partial charge is 0.186 e. The zero-order valence-corrected chi connectivity index (χ0v) is 13.1. The quantitative estimate of drug-likeness (QED) is 0.451. The Hall–Kier alpha value is 0.137. The van der Waals surface area contributed by atoms with Gasteiger partial charge in [0.25, 0.3) is 0 Å². The van der Waals surface area contributed by atoms with Crippen LogP contribution in [0.5, 0.6) is 0 Å². The van der Waals surface area contributed by atoms with Gasteiger partial charge in [0, 0.05) is 18.6 Å². The lowest BCUT2D eigenvalue weighted by Gasteiger charge is -2.30. The molecule has 0 aliphatic heterocycles. The summed E-state index contributed by atoms with van der Waals surface area (Å²) in [6.07, 6.45) is 2.32. The average molecular weight is 246 g/mol. The minimum atomic E-state index is -1.42. The van der Waals surface area contributed by atoms with E-state index in [1.165, 1.54) is 12.5 Å². The van der Waals surface area contributed by atoms with Crippen molar-refractivity contribution in [3.63, 3.8) is 0 Å². The van der Waals surface area contributed by atoms with Crippen molar-refractivity contribution in [2.24, 2.45) is 5.41 Å². The first-order chi connectivity index (χ1) is 7.33. The summed E-state index contributed by atoms with van der Waals surface area (Å²) in [5.74, 6) is 0. The average Bonchev–Trinajstić information content (AvgIpc) is 2.16. The highest BCUT2D eigenvalue weighted by Gasteiger charge is 2.26. The fourth-order valence-corrected chi connectivity index (χ4v) is 3.73. The van der Waals surface area contributed by atoms with Crippen molar-refractivity contribution in [2.75, 3.05) is 19.8 Å². The van der Waals surface area contributed by atoms with Crippen LogP contribution < -0.4 is 0 Å². The second-order valence-electron chi connectivity index (χ2n) is 6.02. The Morgan fingerprint density at radius 1 is 1.00 bits per heavy atom. The Labute approximate surface area is 103 Å². The second-order valence-corrected chi connectivity index (χ2v) is 10.3. The zero-order valence-electron chi connectivity index (χ0n) is 12.1. The molecular weight excluding hydrogens is 216 g/mol. The van der Waals surface area contributed by atoms with Crippen molar-refractivity contribution in [2.45, 2.75) is 59.7 Å². The van der Waals surface area contributed by atoms with Gasteiger partial charge in [-0.1, -0.05) is 34.1 Å². The third-order valence-corrected chi connectivity index (χ3v) is 5.18. The Bertz CT molecular complexity index is 179. The Morgan fingerprint density at radius 3 is 2.12 bits per heavy atom. The van der Waals surface area contributed by atoms with Crippen LogP contribution in [-0.4, -0.2) is 28.1 Å². The highest BCUT2D eigenvalue weighted by atomic mass is 28.4. The molecule has 98 valence electrons. The highest BCUT2D eigenvalue weighted by molar-refractivity contribution is 6.71. The molecule has 0 aromatic heterocycles. The van der Waals surface area contributed by atoms with Gasteiger partial charge < -0.3 is 9.16 Å². The lowest BCUT2D eigenvalue weighted by atomic mass is 9.97. The van der Waals surface area contributed by atoms with Crippen LogP contribution in [0.15, 0.2) is 0 Å². The summed E-state index contributed by atoms with van der Waals surface area (Å²) in [6, 6.07) is 1.25. The molecule has 0 spiro atoms. The molecule has 0 heterocycles. The van der Waals surface area contributed by atoms with Crippen LogP contribution in [0.25, 0.3) is 0 Å². The zero-order chi connectivity index (χ0) is 12.7. The number of ether oxygens (including phenoxy) is 1. The van der Waals surface area contributed by atoms with Gasteiger partial charge in [0.05, 0.1) is 6.61 Å².